The average Bonchev–Trinajstić information content (AvgIpc) is 2.93. The molecule has 1 aliphatic heterocycles. The fraction of sp³-hybridized carbons (Fsp3) is 0.737. The standard InChI is InChI=1S/C19H31N5O2/c1-6-7-8-24-15(12-23-10-13(2)9-14(3)11-23)20-17-16(24)18(25)22(5)19(26)21(17)4/h13-14H,6-12H2,1-5H3/p+1/t13-,14+. The van der Waals surface area contributed by atoms with Gasteiger partial charge < -0.3 is 9.47 Å². The van der Waals surface area contributed by atoms with Gasteiger partial charge in [-0.15, -0.1) is 0 Å². The summed E-state index contributed by atoms with van der Waals surface area (Å²) in [5, 5.41) is 0. The first-order valence-electron chi connectivity index (χ1n) is 9.82. The molecule has 1 fully saturated rings. The summed E-state index contributed by atoms with van der Waals surface area (Å²) in [6.07, 6.45) is 3.33. The van der Waals surface area contributed by atoms with Crippen LogP contribution in [0.4, 0.5) is 0 Å². The number of nitrogens with one attached hydrogen (secondary N) is 1. The maximum absolute atomic E-state index is 12.8. The molecule has 0 bridgehead atoms. The molecule has 0 radical (unpaired) electrons. The monoisotopic (exact) mass is 362 g/mol. The number of fused-ring (bicyclic) bond motifs is 1. The summed E-state index contributed by atoms with van der Waals surface area (Å²) in [5.74, 6) is 2.35. The van der Waals surface area contributed by atoms with Gasteiger partial charge in [-0.2, -0.15) is 0 Å². The number of hydrogen-bond acceptors (Lipinski definition) is 3. The summed E-state index contributed by atoms with van der Waals surface area (Å²) in [6, 6.07) is 0. The Morgan fingerprint density at radius 1 is 1.12 bits per heavy atom. The molecule has 0 aliphatic carbocycles. The number of hydrogen-bond donors (Lipinski definition) is 1. The summed E-state index contributed by atoms with van der Waals surface area (Å²) in [4.78, 5) is 31.3. The first-order chi connectivity index (χ1) is 12.3. The fourth-order valence-corrected chi connectivity index (χ4v) is 4.47. The van der Waals surface area contributed by atoms with Crippen molar-refractivity contribution in [3.8, 4) is 0 Å². The minimum Gasteiger partial charge on any atom is -0.328 e. The van der Waals surface area contributed by atoms with Gasteiger partial charge in [-0.05, 0) is 12.8 Å². The first-order valence-corrected chi connectivity index (χ1v) is 9.82. The molecule has 0 aromatic carbocycles. The van der Waals surface area contributed by atoms with Crippen LogP contribution in [0.3, 0.4) is 0 Å². The van der Waals surface area contributed by atoms with Gasteiger partial charge in [0, 0.05) is 32.5 Å². The van der Waals surface area contributed by atoms with Gasteiger partial charge in [0.1, 0.15) is 6.54 Å². The van der Waals surface area contributed by atoms with E-state index in [1.54, 1.807) is 14.1 Å². The highest BCUT2D eigenvalue weighted by Gasteiger charge is 2.28. The van der Waals surface area contributed by atoms with Crippen molar-refractivity contribution in [1.29, 1.82) is 0 Å². The van der Waals surface area contributed by atoms with Crippen LogP contribution in [-0.4, -0.2) is 31.8 Å². The van der Waals surface area contributed by atoms with Crippen LogP contribution in [0, 0.1) is 11.8 Å². The number of rotatable bonds is 5. The minimum absolute atomic E-state index is 0.242. The van der Waals surface area contributed by atoms with Gasteiger partial charge in [0.05, 0.1) is 13.1 Å². The molecule has 2 aromatic rings. The number of nitrogens with zero attached hydrogens (tertiary/aromatic N) is 4. The molecule has 0 spiro atoms. The third kappa shape index (κ3) is 3.37. The number of quaternary nitrogens is 1. The molecule has 1 aliphatic rings. The predicted molar refractivity (Wildman–Crippen MR) is 102 cm³/mol. The van der Waals surface area contributed by atoms with E-state index in [-0.39, 0.29) is 11.2 Å². The van der Waals surface area contributed by atoms with Crippen LogP contribution in [0.1, 0.15) is 45.9 Å². The molecule has 26 heavy (non-hydrogen) atoms. The Hall–Kier alpha value is -1.89. The Labute approximate surface area is 154 Å². The van der Waals surface area contributed by atoms with Crippen molar-refractivity contribution in [3.63, 3.8) is 0 Å². The topological polar surface area (TPSA) is 66.3 Å². The van der Waals surface area contributed by atoms with E-state index in [1.165, 1.54) is 20.5 Å². The molecule has 1 saturated heterocycles. The van der Waals surface area contributed by atoms with Crippen molar-refractivity contribution >= 4 is 11.2 Å². The van der Waals surface area contributed by atoms with E-state index in [9.17, 15) is 9.59 Å². The Morgan fingerprint density at radius 2 is 1.77 bits per heavy atom. The lowest BCUT2D eigenvalue weighted by Crippen LogP contribution is -3.13. The molecular formula is C19H32N5O2+. The lowest BCUT2D eigenvalue weighted by Gasteiger charge is -2.31. The largest absolute Gasteiger partial charge is 0.332 e. The highest BCUT2D eigenvalue weighted by atomic mass is 16.2. The van der Waals surface area contributed by atoms with E-state index >= 15 is 0 Å². The molecule has 3 rings (SSSR count). The van der Waals surface area contributed by atoms with E-state index in [1.807, 2.05) is 0 Å². The van der Waals surface area contributed by atoms with Crippen molar-refractivity contribution < 1.29 is 4.90 Å². The van der Waals surface area contributed by atoms with Crippen LogP contribution in [0.15, 0.2) is 9.59 Å². The zero-order valence-corrected chi connectivity index (χ0v) is 16.7. The number of aryl methyl sites for hydroxylation is 2. The van der Waals surface area contributed by atoms with Crippen LogP contribution in [-0.2, 0) is 27.2 Å². The van der Waals surface area contributed by atoms with Gasteiger partial charge in [0.2, 0.25) is 0 Å². The summed E-state index contributed by atoms with van der Waals surface area (Å²) < 4.78 is 4.76. The highest BCUT2D eigenvalue weighted by Crippen LogP contribution is 2.15. The average molecular weight is 362 g/mol. The van der Waals surface area contributed by atoms with Crippen LogP contribution < -0.4 is 16.1 Å². The number of unbranched alkanes of at least 4 members (excludes halogenated alkanes) is 1. The molecule has 1 N–H and O–H groups in total. The molecule has 2 aromatic heterocycles. The Balaban J connectivity index is 2.09. The summed E-state index contributed by atoms with van der Waals surface area (Å²) >= 11 is 0. The number of piperidine rings is 1. The van der Waals surface area contributed by atoms with Crippen LogP contribution >= 0.6 is 0 Å². The van der Waals surface area contributed by atoms with Gasteiger partial charge in [-0.1, -0.05) is 27.2 Å². The maximum atomic E-state index is 12.8. The zero-order chi connectivity index (χ0) is 19.0. The lowest BCUT2D eigenvalue weighted by molar-refractivity contribution is -0.926. The first kappa shape index (κ1) is 18.9. The lowest BCUT2D eigenvalue weighted by atomic mass is 9.92. The smallest absolute Gasteiger partial charge is 0.328 e. The normalized spacial score (nSPS) is 23.7. The molecule has 7 nitrogen and oxygen atoms in total. The van der Waals surface area contributed by atoms with Gasteiger partial charge in [-0.3, -0.25) is 13.9 Å². The van der Waals surface area contributed by atoms with Crippen LogP contribution in [0.2, 0.25) is 0 Å². The zero-order valence-electron chi connectivity index (χ0n) is 16.7. The fourth-order valence-electron chi connectivity index (χ4n) is 4.47. The molecule has 3 atom stereocenters. The summed E-state index contributed by atoms with van der Waals surface area (Å²) in [5.41, 5.74) is 0.521. The quantitative estimate of drug-likeness (QED) is 0.832. The van der Waals surface area contributed by atoms with E-state index in [2.05, 4.69) is 25.3 Å². The van der Waals surface area contributed by atoms with Crippen molar-refractivity contribution in [2.24, 2.45) is 25.9 Å². The molecule has 144 valence electrons. The molecule has 0 saturated carbocycles. The van der Waals surface area contributed by atoms with Crippen molar-refractivity contribution in [2.45, 2.75) is 53.1 Å². The Bertz CT molecular complexity index is 897. The number of imidazole rings is 1. The third-order valence-electron chi connectivity index (χ3n) is 5.65. The highest BCUT2D eigenvalue weighted by molar-refractivity contribution is 5.71. The SMILES string of the molecule is CCCCn1c(C[NH+]2C[C@H](C)C[C@H](C)C2)nc2c1c(=O)n(C)c(=O)n2C. The van der Waals surface area contributed by atoms with Crippen molar-refractivity contribution in [3.05, 3.63) is 26.7 Å². The van der Waals surface area contributed by atoms with E-state index in [4.69, 9.17) is 4.98 Å². The maximum Gasteiger partial charge on any atom is 0.332 e. The van der Waals surface area contributed by atoms with E-state index in [0.717, 1.165) is 44.8 Å². The molecule has 1 unspecified atom stereocenters. The predicted octanol–water partition coefficient (Wildman–Crippen LogP) is 0.295. The summed E-state index contributed by atoms with van der Waals surface area (Å²) in [6.45, 7) is 10.6. The second kappa shape index (κ2) is 7.39. The van der Waals surface area contributed by atoms with Gasteiger partial charge in [0.15, 0.2) is 17.0 Å². The van der Waals surface area contributed by atoms with E-state index < -0.39 is 0 Å². The molecule has 0 amide bonds. The third-order valence-corrected chi connectivity index (χ3v) is 5.65. The molecule has 3 heterocycles. The second-order valence-electron chi connectivity index (χ2n) is 8.19. The van der Waals surface area contributed by atoms with Crippen LogP contribution in [0.25, 0.3) is 11.2 Å². The van der Waals surface area contributed by atoms with Gasteiger partial charge >= 0.3 is 5.69 Å². The summed E-state index contributed by atoms with van der Waals surface area (Å²) in [7, 11) is 3.24. The van der Waals surface area contributed by atoms with Gasteiger partial charge in [0.25, 0.3) is 5.56 Å². The number of likely N-dealkylation sites (tertiary alicyclic amines) is 1. The van der Waals surface area contributed by atoms with Crippen molar-refractivity contribution in [1.82, 2.24) is 18.7 Å². The van der Waals surface area contributed by atoms with Gasteiger partial charge in [-0.25, -0.2) is 9.78 Å². The molecular weight excluding hydrogens is 330 g/mol. The number of aromatic nitrogens is 4. The van der Waals surface area contributed by atoms with E-state index in [0.29, 0.717) is 23.0 Å². The minimum atomic E-state index is -0.318. The molecule has 7 heteroatoms. The van der Waals surface area contributed by atoms with Crippen molar-refractivity contribution in [2.75, 3.05) is 13.1 Å². The second-order valence-corrected chi connectivity index (χ2v) is 8.19. The Kier molecular flexibility index (Phi) is 5.37. The Morgan fingerprint density at radius 3 is 2.38 bits per heavy atom. The van der Waals surface area contributed by atoms with Crippen LogP contribution in [0.5, 0.6) is 0 Å².